The standard InChI is InChI=1S/C19H23ClN2O/c1-3-22(14-16-7-5-4-6-8-16)19(23)11-12-21-17-10-9-15(2)18(20)13-17/h4-10,13,21H,3,11-12,14H2,1-2H3. The second kappa shape index (κ2) is 8.59. The molecule has 122 valence electrons. The van der Waals surface area contributed by atoms with Gasteiger partial charge in [-0.2, -0.15) is 0 Å². The van der Waals surface area contributed by atoms with E-state index in [0.29, 0.717) is 26.1 Å². The first-order valence-electron chi connectivity index (χ1n) is 7.92. The van der Waals surface area contributed by atoms with Crippen LogP contribution in [0.25, 0.3) is 0 Å². The summed E-state index contributed by atoms with van der Waals surface area (Å²) in [5.74, 6) is 0.155. The minimum Gasteiger partial charge on any atom is -0.384 e. The molecular weight excluding hydrogens is 308 g/mol. The monoisotopic (exact) mass is 330 g/mol. The molecule has 0 saturated heterocycles. The molecule has 4 heteroatoms. The molecule has 0 atom stereocenters. The fraction of sp³-hybridized carbons (Fsp3) is 0.316. The van der Waals surface area contributed by atoms with Gasteiger partial charge in [0.15, 0.2) is 0 Å². The first kappa shape index (κ1) is 17.4. The molecule has 0 spiro atoms. The van der Waals surface area contributed by atoms with Crippen molar-refractivity contribution in [2.75, 3.05) is 18.4 Å². The molecule has 3 nitrogen and oxygen atoms in total. The third-order valence-electron chi connectivity index (χ3n) is 3.79. The van der Waals surface area contributed by atoms with Crippen molar-refractivity contribution in [1.29, 1.82) is 0 Å². The van der Waals surface area contributed by atoms with Crippen LogP contribution in [0, 0.1) is 6.92 Å². The van der Waals surface area contributed by atoms with Gasteiger partial charge in [0.2, 0.25) is 5.91 Å². The lowest BCUT2D eigenvalue weighted by atomic mass is 10.2. The number of nitrogens with one attached hydrogen (secondary N) is 1. The van der Waals surface area contributed by atoms with Gasteiger partial charge in [0.1, 0.15) is 0 Å². The number of hydrogen-bond acceptors (Lipinski definition) is 2. The smallest absolute Gasteiger partial charge is 0.224 e. The SMILES string of the molecule is CCN(Cc1ccccc1)C(=O)CCNc1ccc(C)c(Cl)c1. The van der Waals surface area contributed by atoms with Crippen molar-refractivity contribution in [2.24, 2.45) is 0 Å². The lowest BCUT2D eigenvalue weighted by molar-refractivity contribution is -0.131. The Balaban J connectivity index is 1.83. The Hall–Kier alpha value is -2.00. The highest BCUT2D eigenvalue weighted by Gasteiger charge is 2.11. The van der Waals surface area contributed by atoms with Crippen LogP contribution in [0.5, 0.6) is 0 Å². The molecule has 0 bridgehead atoms. The summed E-state index contributed by atoms with van der Waals surface area (Å²) in [6, 6.07) is 15.9. The molecule has 0 aromatic heterocycles. The van der Waals surface area contributed by atoms with E-state index in [-0.39, 0.29) is 5.91 Å². The Morgan fingerprint density at radius 2 is 1.91 bits per heavy atom. The Kier molecular flexibility index (Phi) is 6.48. The molecule has 1 amide bonds. The van der Waals surface area contributed by atoms with Crippen LogP contribution in [0.15, 0.2) is 48.5 Å². The zero-order chi connectivity index (χ0) is 16.7. The van der Waals surface area contributed by atoms with Crippen LogP contribution in [-0.4, -0.2) is 23.9 Å². The number of anilines is 1. The van der Waals surface area contributed by atoms with Crippen molar-refractivity contribution in [2.45, 2.75) is 26.8 Å². The van der Waals surface area contributed by atoms with Gasteiger partial charge in [-0.25, -0.2) is 0 Å². The largest absolute Gasteiger partial charge is 0.384 e. The second-order valence-corrected chi connectivity index (χ2v) is 5.94. The van der Waals surface area contributed by atoms with Crippen LogP contribution in [-0.2, 0) is 11.3 Å². The van der Waals surface area contributed by atoms with Gasteiger partial charge in [-0.15, -0.1) is 0 Å². The van der Waals surface area contributed by atoms with Gasteiger partial charge in [-0.3, -0.25) is 4.79 Å². The molecule has 1 N–H and O–H groups in total. The van der Waals surface area contributed by atoms with Gasteiger partial charge >= 0.3 is 0 Å². The molecule has 0 aliphatic heterocycles. The zero-order valence-electron chi connectivity index (χ0n) is 13.7. The van der Waals surface area contributed by atoms with Crippen LogP contribution in [0.1, 0.15) is 24.5 Å². The molecule has 23 heavy (non-hydrogen) atoms. The lowest BCUT2D eigenvalue weighted by Crippen LogP contribution is -2.31. The van der Waals surface area contributed by atoms with E-state index >= 15 is 0 Å². The molecule has 0 radical (unpaired) electrons. The number of aryl methyl sites for hydroxylation is 1. The molecule has 0 saturated carbocycles. The highest BCUT2D eigenvalue weighted by atomic mass is 35.5. The first-order chi connectivity index (χ1) is 11.1. The molecule has 0 heterocycles. The van der Waals surface area contributed by atoms with Crippen LogP contribution >= 0.6 is 11.6 Å². The molecule has 0 fully saturated rings. The number of hydrogen-bond donors (Lipinski definition) is 1. The Bertz CT molecular complexity index is 643. The summed E-state index contributed by atoms with van der Waals surface area (Å²) in [5.41, 5.74) is 3.15. The summed E-state index contributed by atoms with van der Waals surface area (Å²) in [6.45, 7) is 5.95. The van der Waals surface area contributed by atoms with E-state index in [1.54, 1.807) is 0 Å². The topological polar surface area (TPSA) is 32.3 Å². The molecule has 2 aromatic carbocycles. The zero-order valence-corrected chi connectivity index (χ0v) is 14.4. The summed E-state index contributed by atoms with van der Waals surface area (Å²) >= 11 is 6.10. The van der Waals surface area contributed by atoms with Gasteiger partial charge in [-0.1, -0.05) is 48.0 Å². The highest BCUT2D eigenvalue weighted by molar-refractivity contribution is 6.31. The maximum atomic E-state index is 12.3. The summed E-state index contributed by atoms with van der Waals surface area (Å²) in [7, 11) is 0. The van der Waals surface area contributed by atoms with Crippen molar-refractivity contribution in [3.05, 3.63) is 64.7 Å². The number of halogens is 1. The molecule has 2 rings (SSSR count). The van der Waals surface area contributed by atoms with Gasteiger partial charge in [0.25, 0.3) is 0 Å². The summed E-state index contributed by atoms with van der Waals surface area (Å²) in [6.07, 6.45) is 0.464. The fourth-order valence-electron chi connectivity index (χ4n) is 2.35. The average molecular weight is 331 g/mol. The van der Waals surface area contributed by atoms with E-state index in [2.05, 4.69) is 5.32 Å². The maximum Gasteiger partial charge on any atom is 0.224 e. The summed E-state index contributed by atoms with van der Waals surface area (Å²) < 4.78 is 0. The van der Waals surface area contributed by atoms with Gasteiger partial charge in [-0.05, 0) is 37.1 Å². The summed E-state index contributed by atoms with van der Waals surface area (Å²) in [5, 5.41) is 3.99. The minimum atomic E-state index is 0.155. The van der Waals surface area contributed by atoms with E-state index in [1.807, 2.05) is 67.3 Å². The second-order valence-electron chi connectivity index (χ2n) is 5.53. The number of rotatable bonds is 7. The molecule has 2 aromatic rings. The first-order valence-corrected chi connectivity index (χ1v) is 8.29. The molecule has 0 aliphatic carbocycles. The van der Waals surface area contributed by atoms with Crippen LogP contribution < -0.4 is 5.32 Å². The van der Waals surface area contributed by atoms with Crippen LogP contribution in [0.2, 0.25) is 5.02 Å². The maximum absolute atomic E-state index is 12.3. The lowest BCUT2D eigenvalue weighted by Gasteiger charge is -2.21. The van der Waals surface area contributed by atoms with Gasteiger partial charge in [0.05, 0.1) is 0 Å². The minimum absolute atomic E-state index is 0.155. The predicted octanol–water partition coefficient (Wildman–Crippen LogP) is 4.50. The Labute approximate surface area is 143 Å². The number of carbonyl (C=O) groups is 1. The average Bonchev–Trinajstić information content (AvgIpc) is 2.56. The van der Waals surface area contributed by atoms with Crippen molar-refractivity contribution < 1.29 is 4.79 Å². The quantitative estimate of drug-likeness (QED) is 0.810. The molecule has 0 unspecified atom stereocenters. The van der Waals surface area contributed by atoms with Crippen molar-refractivity contribution >= 4 is 23.2 Å². The van der Waals surface area contributed by atoms with E-state index in [9.17, 15) is 4.79 Å². The van der Waals surface area contributed by atoms with Crippen molar-refractivity contribution in [1.82, 2.24) is 4.90 Å². The third kappa shape index (κ3) is 5.29. The number of carbonyl (C=O) groups excluding carboxylic acids is 1. The number of benzene rings is 2. The van der Waals surface area contributed by atoms with Gasteiger partial charge < -0.3 is 10.2 Å². The number of amides is 1. The van der Waals surface area contributed by atoms with Crippen LogP contribution in [0.3, 0.4) is 0 Å². The van der Waals surface area contributed by atoms with Crippen LogP contribution in [0.4, 0.5) is 5.69 Å². The Morgan fingerprint density at radius 1 is 1.17 bits per heavy atom. The molecular formula is C19H23ClN2O. The van der Waals surface area contributed by atoms with E-state index in [4.69, 9.17) is 11.6 Å². The predicted molar refractivity (Wildman–Crippen MR) is 96.8 cm³/mol. The Morgan fingerprint density at radius 3 is 2.57 bits per heavy atom. The third-order valence-corrected chi connectivity index (χ3v) is 4.20. The fourth-order valence-corrected chi connectivity index (χ4v) is 2.54. The number of nitrogens with zero attached hydrogens (tertiary/aromatic N) is 1. The summed E-state index contributed by atoms with van der Waals surface area (Å²) in [4.78, 5) is 14.2. The normalized spacial score (nSPS) is 10.4. The van der Waals surface area contributed by atoms with Crippen molar-refractivity contribution in [3.8, 4) is 0 Å². The highest BCUT2D eigenvalue weighted by Crippen LogP contribution is 2.19. The van der Waals surface area contributed by atoms with Crippen molar-refractivity contribution in [3.63, 3.8) is 0 Å². The van der Waals surface area contributed by atoms with Gasteiger partial charge in [0, 0.05) is 36.8 Å². The van der Waals surface area contributed by atoms with E-state index in [0.717, 1.165) is 21.8 Å². The molecule has 0 aliphatic rings. The van der Waals surface area contributed by atoms with E-state index in [1.165, 1.54) is 0 Å². The van der Waals surface area contributed by atoms with E-state index < -0.39 is 0 Å².